The number of aryl methyl sites for hydroxylation is 2. The Morgan fingerprint density at radius 3 is 2.90 bits per heavy atom. The van der Waals surface area contributed by atoms with Gasteiger partial charge in [0, 0.05) is 44.1 Å². The summed E-state index contributed by atoms with van der Waals surface area (Å²) in [5.41, 5.74) is -1.91. The summed E-state index contributed by atoms with van der Waals surface area (Å²) in [6.07, 6.45) is -2.00. The standard InChI is InChI=1S/C14H19N3O3/c1-10(18)6-4-5-8-17-13(19)11-7-9-15(2)12(11)16(3)14(17)20/h7,9H,4-6,8H2,1-3H3/i1D3,3D3,6D2. The van der Waals surface area contributed by atoms with E-state index in [1.807, 2.05) is 0 Å². The molecular formula is C14H19N3O3. The topological polar surface area (TPSA) is 66.0 Å². The molecule has 0 spiro atoms. The Morgan fingerprint density at radius 1 is 1.40 bits per heavy atom. The molecule has 6 heteroatoms. The molecule has 0 radical (unpaired) electrons. The monoisotopic (exact) mass is 285 g/mol. The molecule has 0 unspecified atom stereocenters. The van der Waals surface area contributed by atoms with Crippen LogP contribution in [-0.2, 0) is 25.4 Å². The smallest absolute Gasteiger partial charge is 0.332 e. The van der Waals surface area contributed by atoms with Gasteiger partial charge in [-0.2, -0.15) is 0 Å². The Kier molecular flexibility index (Phi) is 1.93. The van der Waals surface area contributed by atoms with Crippen molar-refractivity contribution in [3.63, 3.8) is 0 Å². The van der Waals surface area contributed by atoms with Crippen LogP contribution in [0.2, 0.25) is 0 Å². The maximum Gasteiger partial charge on any atom is 0.332 e. The first-order valence-electron chi connectivity index (χ1n) is 9.95. The lowest BCUT2D eigenvalue weighted by Gasteiger charge is -2.09. The third-order valence-corrected chi connectivity index (χ3v) is 2.99. The molecule has 0 atom stereocenters. The number of fused-ring (bicyclic) bond motifs is 1. The van der Waals surface area contributed by atoms with Gasteiger partial charge in [0.1, 0.15) is 11.4 Å². The second kappa shape index (κ2) is 5.48. The van der Waals surface area contributed by atoms with Crippen LogP contribution >= 0.6 is 0 Å². The largest absolute Gasteiger partial charge is 0.337 e. The van der Waals surface area contributed by atoms with E-state index in [0.717, 1.165) is 0 Å². The zero-order chi connectivity index (χ0) is 21.7. The quantitative estimate of drug-likeness (QED) is 0.816. The molecule has 0 aliphatic carbocycles. The Bertz CT molecular complexity index is 1030. The van der Waals surface area contributed by atoms with Crippen LogP contribution in [0.5, 0.6) is 0 Å². The molecule has 2 aromatic heterocycles. The van der Waals surface area contributed by atoms with Crippen molar-refractivity contribution in [2.45, 2.75) is 32.6 Å². The van der Waals surface area contributed by atoms with Gasteiger partial charge >= 0.3 is 5.69 Å². The number of Topliss-reactive ketones (excluding diaryl/α,β-unsaturated/α-hetero) is 1. The molecule has 0 bridgehead atoms. The summed E-state index contributed by atoms with van der Waals surface area (Å²) in [7, 11) is 1.49. The van der Waals surface area contributed by atoms with E-state index in [1.54, 1.807) is 0 Å². The summed E-state index contributed by atoms with van der Waals surface area (Å²) in [6.45, 7) is -6.34. The molecule has 0 saturated heterocycles. The van der Waals surface area contributed by atoms with Crippen LogP contribution in [0, 0.1) is 0 Å². The fraction of sp³-hybridized carbons (Fsp3) is 0.500. The van der Waals surface area contributed by atoms with E-state index in [2.05, 4.69) is 0 Å². The number of carbonyl (C=O) groups excluding carboxylic acids is 1. The maximum atomic E-state index is 12.7. The van der Waals surface area contributed by atoms with E-state index in [0.29, 0.717) is 9.13 Å². The first-order valence-corrected chi connectivity index (χ1v) is 5.95. The Hall–Kier alpha value is -2.11. The van der Waals surface area contributed by atoms with Gasteiger partial charge < -0.3 is 9.36 Å². The number of rotatable bonds is 5. The molecule has 2 heterocycles. The lowest BCUT2D eigenvalue weighted by Crippen LogP contribution is -2.39. The van der Waals surface area contributed by atoms with Gasteiger partial charge in [-0.05, 0) is 25.8 Å². The van der Waals surface area contributed by atoms with Crippen LogP contribution < -0.4 is 11.2 Å². The highest BCUT2D eigenvalue weighted by Gasteiger charge is 2.12. The number of ketones is 1. The number of carbonyl (C=O) groups is 1. The summed E-state index contributed by atoms with van der Waals surface area (Å²) in [6, 6.07) is 1.37. The van der Waals surface area contributed by atoms with Crippen molar-refractivity contribution in [1.29, 1.82) is 0 Å². The molecule has 0 aromatic carbocycles. The van der Waals surface area contributed by atoms with Crippen molar-refractivity contribution in [2.75, 3.05) is 0 Å². The van der Waals surface area contributed by atoms with E-state index < -0.39 is 43.7 Å². The Morgan fingerprint density at radius 2 is 2.20 bits per heavy atom. The number of nitrogens with zero attached hydrogens (tertiary/aromatic N) is 3. The van der Waals surface area contributed by atoms with E-state index in [9.17, 15) is 14.4 Å². The second-order valence-electron chi connectivity index (χ2n) is 4.35. The van der Waals surface area contributed by atoms with Gasteiger partial charge in [0.25, 0.3) is 5.56 Å². The molecule has 0 saturated carbocycles. The van der Waals surface area contributed by atoms with E-state index in [1.165, 1.54) is 23.9 Å². The van der Waals surface area contributed by atoms with Crippen molar-refractivity contribution in [3.05, 3.63) is 33.1 Å². The summed E-state index contributed by atoms with van der Waals surface area (Å²) < 4.78 is 61.6. The molecule has 2 rings (SSSR count). The highest BCUT2D eigenvalue weighted by molar-refractivity contribution is 5.75. The maximum absolute atomic E-state index is 12.7. The highest BCUT2D eigenvalue weighted by atomic mass is 16.2. The van der Waals surface area contributed by atoms with E-state index >= 15 is 0 Å². The summed E-state index contributed by atoms with van der Waals surface area (Å²) >= 11 is 0. The molecule has 0 aliphatic heterocycles. The minimum Gasteiger partial charge on any atom is -0.337 e. The molecule has 0 N–H and O–H groups in total. The van der Waals surface area contributed by atoms with Gasteiger partial charge in [-0.1, -0.05) is 0 Å². The van der Waals surface area contributed by atoms with Crippen LogP contribution in [0.1, 0.15) is 37.0 Å². The van der Waals surface area contributed by atoms with Gasteiger partial charge in [0.2, 0.25) is 0 Å². The van der Waals surface area contributed by atoms with Gasteiger partial charge in [0.05, 0.1) is 5.39 Å². The van der Waals surface area contributed by atoms with Gasteiger partial charge in [-0.15, -0.1) is 0 Å². The van der Waals surface area contributed by atoms with Crippen LogP contribution in [0.25, 0.3) is 11.0 Å². The van der Waals surface area contributed by atoms with Crippen molar-refractivity contribution in [1.82, 2.24) is 13.7 Å². The molecule has 6 nitrogen and oxygen atoms in total. The third kappa shape index (κ3) is 2.45. The summed E-state index contributed by atoms with van der Waals surface area (Å²) in [5.74, 6) is -1.56. The third-order valence-electron chi connectivity index (χ3n) is 2.99. The molecule has 0 aliphatic rings. The molecule has 108 valence electrons. The lowest BCUT2D eigenvalue weighted by molar-refractivity contribution is -0.117. The Labute approximate surface area is 127 Å². The zero-order valence-corrected chi connectivity index (χ0v) is 10.8. The average molecular weight is 285 g/mol. The van der Waals surface area contributed by atoms with Gasteiger partial charge in [0.15, 0.2) is 0 Å². The van der Waals surface area contributed by atoms with Gasteiger partial charge in [-0.25, -0.2) is 4.79 Å². The summed E-state index contributed by atoms with van der Waals surface area (Å²) in [5, 5.41) is -0.000182. The average Bonchev–Trinajstić information content (AvgIpc) is 2.89. The molecule has 0 amide bonds. The molecule has 20 heavy (non-hydrogen) atoms. The molecule has 0 fully saturated rings. The van der Waals surface area contributed by atoms with Crippen LogP contribution in [0.4, 0.5) is 0 Å². The van der Waals surface area contributed by atoms with Crippen molar-refractivity contribution in [3.8, 4) is 0 Å². The molecule has 2 aromatic rings. The van der Waals surface area contributed by atoms with Gasteiger partial charge in [-0.3, -0.25) is 13.9 Å². The zero-order valence-electron chi connectivity index (χ0n) is 18.8. The molecular weight excluding hydrogens is 258 g/mol. The van der Waals surface area contributed by atoms with Crippen LogP contribution in [-0.4, -0.2) is 19.5 Å². The van der Waals surface area contributed by atoms with Crippen LogP contribution in [0.15, 0.2) is 21.9 Å². The SMILES string of the molecule is [2H]C([2H])([2H])C(=O)C([2H])([2H])CCCn1c(=O)c2ccn(C)c2n(C([2H])([2H])[2H])c1=O. The first kappa shape index (κ1) is 7.06. The van der Waals surface area contributed by atoms with Crippen molar-refractivity contribution < 1.29 is 15.8 Å². The second-order valence-corrected chi connectivity index (χ2v) is 4.35. The fourth-order valence-corrected chi connectivity index (χ4v) is 2.05. The van der Waals surface area contributed by atoms with Crippen molar-refractivity contribution in [2.24, 2.45) is 14.0 Å². The van der Waals surface area contributed by atoms with Crippen molar-refractivity contribution >= 4 is 16.8 Å². The fourth-order valence-electron chi connectivity index (χ4n) is 2.05. The normalized spacial score (nSPS) is 19.1. The van der Waals surface area contributed by atoms with E-state index in [-0.39, 0.29) is 24.0 Å². The Balaban J connectivity index is 2.43. The highest BCUT2D eigenvalue weighted by Crippen LogP contribution is 2.07. The predicted octanol–water partition coefficient (Wildman–Crippen LogP) is 0.798. The predicted molar refractivity (Wildman–Crippen MR) is 77.0 cm³/mol. The first-order chi connectivity index (χ1) is 12.6. The minimum absolute atomic E-state index is 0.000182. The summed E-state index contributed by atoms with van der Waals surface area (Å²) in [4.78, 5) is 36.9. The number of aromatic nitrogens is 3. The number of hydrogen-bond acceptors (Lipinski definition) is 3. The minimum atomic E-state index is -3.11. The number of hydrogen-bond donors (Lipinski definition) is 0. The van der Waals surface area contributed by atoms with Crippen LogP contribution in [0.3, 0.4) is 0 Å². The lowest BCUT2D eigenvalue weighted by atomic mass is 10.2. The van der Waals surface area contributed by atoms with E-state index in [4.69, 9.17) is 11.0 Å².